The van der Waals surface area contributed by atoms with Crippen molar-refractivity contribution in [1.82, 2.24) is 0 Å². The van der Waals surface area contributed by atoms with Gasteiger partial charge in [0.1, 0.15) is 5.75 Å². The van der Waals surface area contributed by atoms with E-state index < -0.39 is 6.61 Å². The third-order valence-corrected chi connectivity index (χ3v) is 2.67. The lowest BCUT2D eigenvalue weighted by Gasteiger charge is -2.09. The lowest BCUT2D eigenvalue weighted by Crippen LogP contribution is -2.06. The van der Waals surface area contributed by atoms with E-state index in [9.17, 15) is 18.4 Å². The Morgan fingerprint density at radius 3 is 2.56 bits per heavy atom. The van der Waals surface area contributed by atoms with Crippen molar-refractivity contribution in [3.05, 3.63) is 26.8 Å². The first kappa shape index (κ1) is 13.0. The summed E-state index contributed by atoms with van der Waals surface area (Å²) in [6.45, 7) is -1.66. The molecule has 0 fully saturated rings. The fraction of sp³-hybridized carbons (Fsp3) is 0.200. The predicted octanol–water partition coefficient (Wildman–Crippen LogP) is 2.91. The number of Topliss-reactive ketones (excluding diaryl/α,β-unsaturated/α-hetero) is 1. The van der Waals surface area contributed by atoms with Crippen molar-refractivity contribution < 1.29 is 23.1 Å². The molecule has 1 rings (SSSR count). The molecule has 0 spiro atoms. The first-order valence-corrected chi connectivity index (χ1v) is 5.28. The number of ketones is 1. The molecule has 0 aromatic heterocycles. The van der Waals surface area contributed by atoms with Crippen LogP contribution in [0, 0.1) is 3.57 Å². The van der Waals surface area contributed by atoms with Crippen molar-refractivity contribution in [2.24, 2.45) is 0 Å². The van der Waals surface area contributed by atoms with Crippen molar-refractivity contribution in [2.45, 2.75) is 13.5 Å². The molecule has 1 aromatic carbocycles. The number of aldehydes is 1. The summed E-state index contributed by atoms with van der Waals surface area (Å²) in [5, 5.41) is 0. The summed E-state index contributed by atoms with van der Waals surface area (Å²) >= 11 is 1.76. The van der Waals surface area contributed by atoms with Crippen LogP contribution in [0.2, 0.25) is 0 Å². The van der Waals surface area contributed by atoms with E-state index in [2.05, 4.69) is 4.74 Å². The number of carbonyl (C=O) groups is 2. The first-order valence-electron chi connectivity index (χ1n) is 4.20. The molecule has 1 aromatic rings. The molecule has 0 N–H and O–H groups in total. The van der Waals surface area contributed by atoms with Crippen LogP contribution in [0.1, 0.15) is 27.6 Å². The molecule has 0 aliphatic heterocycles. The van der Waals surface area contributed by atoms with Crippen molar-refractivity contribution in [1.29, 1.82) is 0 Å². The fourth-order valence-corrected chi connectivity index (χ4v) is 1.75. The maximum Gasteiger partial charge on any atom is 0.387 e. The zero-order chi connectivity index (χ0) is 12.3. The minimum Gasteiger partial charge on any atom is -0.434 e. The number of benzene rings is 1. The zero-order valence-corrected chi connectivity index (χ0v) is 10.3. The topological polar surface area (TPSA) is 43.4 Å². The number of alkyl halides is 2. The van der Waals surface area contributed by atoms with Crippen LogP contribution in [0.3, 0.4) is 0 Å². The third kappa shape index (κ3) is 2.97. The molecule has 3 nitrogen and oxygen atoms in total. The quantitative estimate of drug-likeness (QED) is 0.481. The lowest BCUT2D eigenvalue weighted by molar-refractivity contribution is -0.0504. The average Bonchev–Trinajstić information content (AvgIpc) is 2.19. The summed E-state index contributed by atoms with van der Waals surface area (Å²) < 4.78 is 28.6. The van der Waals surface area contributed by atoms with Gasteiger partial charge in [0, 0.05) is 11.1 Å². The number of ether oxygens (including phenoxy) is 1. The van der Waals surface area contributed by atoms with Gasteiger partial charge in [-0.3, -0.25) is 9.59 Å². The van der Waals surface area contributed by atoms with Gasteiger partial charge in [-0.05, 0) is 41.6 Å². The predicted molar refractivity (Wildman–Crippen MR) is 61.2 cm³/mol. The summed E-state index contributed by atoms with van der Waals surface area (Å²) in [7, 11) is 0. The van der Waals surface area contributed by atoms with Crippen LogP contribution >= 0.6 is 22.6 Å². The number of halogens is 3. The molecule has 0 aliphatic carbocycles. The zero-order valence-electron chi connectivity index (χ0n) is 8.17. The summed E-state index contributed by atoms with van der Waals surface area (Å²) in [5.41, 5.74) is 0.240. The normalized spacial score (nSPS) is 10.3. The Bertz CT molecular complexity index is 432. The van der Waals surface area contributed by atoms with Crippen LogP contribution in [0.5, 0.6) is 5.75 Å². The van der Waals surface area contributed by atoms with Crippen molar-refractivity contribution in [3.8, 4) is 5.75 Å². The van der Waals surface area contributed by atoms with E-state index in [1.807, 2.05) is 0 Å². The molecule has 6 heteroatoms. The highest BCUT2D eigenvalue weighted by molar-refractivity contribution is 14.1. The van der Waals surface area contributed by atoms with Gasteiger partial charge in [0.15, 0.2) is 12.1 Å². The summed E-state index contributed by atoms with van der Waals surface area (Å²) in [6.07, 6.45) is 0.436. The van der Waals surface area contributed by atoms with Gasteiger partial charge in [0.25, 0.3) is 0 Å². The van der Waals surface area contributed by atoms with E-state index in [0.29, 0.717) is 9.86 Å². The standard InChI is InChI=1S/C10H7F2IO3/c1-5(15)7-3-8(13)9(16-10(11)12)2-6(7)4-14/h2-4,10H,1H3. The Morgan fingerprint density at radius 1 is 1.50 bits per heavy atom. The average molecular weight is 340 g/mol. The molecular formula is C10H7F2IO3. The fourth-order valence-electron chi connectivity index (χ4n) is 1.16. The Hall–Kier alpha value is -1.05. The van der Waals surface area contributed by atoms with Crippen LogP contribution in [-0.2, 0) is 0 Å². The second kappa shape index (κ2) is 5.33. The van der Waals surface area contributed by atoms with Crippen LogP contribution in [-0.4, -0.2) is 18.7 Å². The Morgan fingerprint density at radius 2 is 2.12 bits per heavy atom. The van der Waals surface area contributed by atoms with E-state index in [1.165, 1.54) is 13.0 Å². The Kier molecular flexibility index (Phi) is 4.34. The molecule has 0 amide bonds. The van der Waals surface area contributed by atoms with E-state index in [1.54, 1.807) is 22.6 Å². The van der Waals surface area contributed by atoms with Gasteiger partial charge in [-0.2, -0.15) is 8.78 Å². The largest absolute Gasteiger partial charge is 0.434 e. The van der Waals surface area contributed by atoms with Gasteiger partial charge >= 0.3 is 6.61 Å². The third-order valence-electron chi connectivity index (χ3n) is 1.83. The number of carbonyl (C=O) groups excluding carboxylic acids is 2. The molecule has 0 atom stereocenters. The molecule has 0 radical (unpaired) electrons. The molecule has 0 saturated carbocycles. The minimum absolute atomic E-state index is 0.0450. The molecule has 0 saturated heterocycles. The minimum atomic E-state index is -2.96. The lowest BCUT2D eigenvalue weighted by atomic mass is 10.1. The van der Waals surface area contributed by atoms with Gasteiger partial charge in [-0.1, -0.05) is 0 Å². The van der Waals surface area contributed by atoms with E-state index in [0.717, 1.165) is 6.07 Å². The number of hydrogen-bond acceptors (Lipinski definition) is 3. The molecular weight excluding hydrogens is 333 g/mol. The monoisotopic (exact) mass is 340 g/mol. The first-order chi connectivity index (χ1) is 7.45. The van der Waals surface area contributed by atoms with E-state index >= 15 is 0 Å². The summed E-state index contributed by atoms with van der Waals surface area (Å²) in [6, 6.07) is 2.49. The molecule has 0 aliphatic rings. The molecule has 0 bridgehead atoms. The van der Waals surface area contributed by atoms with Crippen molar-refractivity contribution >= 4 is 34.7 Å². The summed E-state index contributed by atoms with van der Waals surface area (Å²) in [4.78, 5) is 21.8. The van der Waals surface area contributed by atoms with E-state index in [-0.39, 0.29) is 22.7 Å². The Balaban J connectivity index is 3.25. The van der Waals surface area contributed by atoms with Gasteiger partial charge in [-0.25, -0.2) is 0 Å². The highest BCUT2D eigenvalue weighted by atomic mass is 127. The second-order valence-corrected chi connectivity index (χ2v) is 4.08. The summed E-state index contributed by atoms with van der Waals surface area (Å²) in [5.74, 6) is -0.411. The number of rotatable bonds is 4. The van der Waals surface area contributed by atoms with Crippen molar-refractivity contribution in [2.75, 3.05) is 0 Å². The highest BCUT2D eigenvalue weighted by Crippen LogP contribution is 2.26. The maximum atomic E-state index is 12.0. The van der Waals surface area contributed by atoms with Gasteiger partial charge in [-0.15, -0.1) is 0 Å². The highest BCUT2D eigenvalue weighted by Gasteiger charge is 2.14. The van der Waals surface area contributed by atoms with Crippen molar-refractivity contribution in [3.63, 3.8) is 0 Å². The van der Waals surface area contributed by atoms with Crippen LogP contribution in [0.25, 0.3) is 0 Å². The van der Waals surface area contributed by atoms with Gasteiger partial charge in [0.05, 0.1) is 3.57 Å². The maximum absolute atomic E-state index is 12.0. The van der Waals surface area contributed by atoms with Crippen LogP contribution in [0.15, 0.2) is 12.1 Å². The molecule has 0 unspecified atom stereocenters. The van der Waals surface area contributed by atoms with Crippen LogP contribution in [0.4, 0.5) is 8.78 Å². The SMILES string of the molecule is CC(=O)c1cc(I)c(OC(F)F)cc1C=O. The van der Waals surface area contributed by atoms with Crippen LogP contribution < -0.4 is 4.74 Å². The molecule has 86 valence electrons. The second-order valence-electron chi connectivity index (χ2n) is 2.92. The molecule has 0 heterocycles. The Labute approximate surface area is 104 Å². The van der Waals surface area contributed by atoms with Gasteiger partial charge < -0.3 is 4.74 Å². The van der Waals surface area contributed by atoms with Gasteiger partial charge in [0.2, 0.25) is 0 Å². The molecule has 16 heavy (non-hydrogen) atoms. The number of hydrogen-bond donors (Lipinski definition) is 0. The van der Waals surface area contributed by atoms with E-state index in [4.69, 9.17) is 0 Å². The smallest absolute Gasteiger partial charge is 0.387 e.